The number of benzene rings is 1. The molecule has 18 heavy (non-hydrogen) atoms. The van der Waals surface area contributed by atoms with Gasteiger partial charge in [0.2, 0.25) is 5.96 Å². The Balaban J connectivity index is 2.32. The number of rotatable bonds is 6. The SMILES string of the molecule is CN(C)CCCCN=C(NN)Nc1ccccc1. The number of hydrazine groups is 1. The fourth-order valence-corrected chi connectivity index (χ4v) is 1.51. The summed E-state index contributed by atoms with van der Waals surface area (Å²) < 4.78 is 0. The number of nitrogens with two attached hydrogens (primary N) is 1. The van der Waals surface area contributed by atoms with Crippen LogP contribution in [0.3, 0.4) is 0 Å². The Morgan fingerprint density at radius 2 is 1.94 bits per heavy atom. The van der Waals surface area contributed by atoms with Gasteiger partial charge in [0.25, 0.3) is 0 Å². The lowest BCUT2D eigenvalue weighted by Gasteiger charge is -2.10. The van der Waals surface area contributed by atoms with Crippen molar-refractivity contribution in [2.24, 2.45) is 10.8 Å². The highest BCUT2D eigenvalue weighted by molar-refractivity contribution is 5.93. The molecule has 0 unspecified atom stereocenters. The van der Waals surface area contributed by atoms with Crippen LogP contribution in [0, 0.1) is 0 Å². The zero-order chi connectivity index (χ0) is 13.2. The van der Waals surface area contributed by atoms with Crippen molar-refractivity contribution < 1.29 is 0 Å². The van der Waals surface area contributed by atoms with Crippen molar-refractivity contribution in [2.45, 2.75) is 12.8 Å². The molecule has 0 aliphatic rings. The van der Waals surface area contributed by atoms with Crippen LogP contribution >= 0.6 is 0 Å². The van der Waals surface area contributed by atoms with E-state index in [0.717, 1.165) is 31.6 Å². The highest BCUT2D eigenvalue weighted by Crippen LogP contribution is 2.04. The van der Waals surface area contributed by atoms with Gasteiger partial charge in [0, 0.05) is 12.2 Å². The Morgan fingerprint density at radius 3 is 2.56 bits per heavy atom. The van der Waals surface area contributed by atoms with Crippen molar-refractivity contribution in [1.29, 1.82) is 0 Å². The number of nitrogens with one attached hydrogen (secondary N) is 2. The molecule has 0 aromatic heterocycles. The third-order valence-electron chi connectivity index (χ3n) is 2.46. The van der Waals surface area contributed by atoms with Gasteiger partial charge in [0.1, 0.15) is 0 Å². The molecule has 4 N–H and O–H groups in total. The number of hydrogen-bond donors (Lipinski definition) is 3. The van der Waals surface area contributed by atoms with E-state index in [0.29, 0.717) is 5.96 Å². The summed E-state index contributed by atoms with van der Waals surface area (Å²) in [7, 11) is 4.15. The molecule has 0 atom stereocenters. The van der Waals surface area contributed by atoms with E-state index in [1.54, 1.807) is 0 Å². The Hall–Kier alpha value is -1.59. The van der Waals surface area contributed by atoms with E-state index in [9.17, 15) is 0 Å². The van der Waals surface area contributed by atoms with Gasteiger partial charge in [-0.2, -0.15) is 0 Å². The number of para-hydroxylation sites is 1. The summed E-state index contributed by atoms with van der Waals surface area (Å²) >= 11 is 0. The van der Waals surface area contributed by atoms with E-state index in [1.807, 2.05) is 30.3 Å². The summed E-state index contributed by atoms with van der Waals surface area (Å²) in [6.45, 7) is 1.86. The van der Waals surface area contributed by atoms with Crippen LogP contribution < -0.4 is 16.6 Å². The fraction of sp³-hybridized carbons (Fsp3) is 0.462. The van der Waals surface area contributed by atoms with Gasteiger partial charge in [-0.1, -0.05) is 18.2 Å². The van der Waals surface area contributed by atoms with Gasteiger partial charge in [0.05, 0.1) is 0 Å². The predicted molar refractivity (Wildman–Crippen MR) is 77.5 cm³/mol. The van der Waals surface area contributed by atoms with Gasteiger partial charge in [-0.15, -0.1) is 0 Å². The molecule has 5 nitrogen and oxygen atoms in total. The molecule has 0 heterocycles. The van der Waals surface area contributed by atoms with Gasteiger partial charge in [-0.25, -0.2) is 5.84 Å². The van der Waals surface area contributed by atoms with Crippen LogP contribution in [-0.2, 0) is 0 Å². The first-order valence-electron chi connectivity index (χ1n) is 6.20. The van der Waals surface area contributed by atoms with Gasteiger partial charge in [0.15, 0.2) is 0 Å². The lowest BCUT2D eigenvalue weighted by atomic mass is 10.3. The molecule has 1 aromatic carbocycles. The molecule has 0 saturated heterocycles. The molecule has 1 aromatic rings. The minimum Gasteiger partial charge on any atom is -0.325 e. The monoisotopic (exact) mass is 249 g/mol. The van der Waals surface area contributed by atoms with E-state index >= 15 is 0 Å². The zero-order valence-corrected chi connectivity index (χ0v) is 11.2. The molecule has 100 valence electrons. The number of nitrogens with zero attached hydrogens (tertiary/aromatic N) is 2. The molecule has 0 saturated carbocycles. The zero-order valence-electron chi connectivity index (χ0n) is 11.2. The Bertz CT molecular complexity index is 348. The predicted octanol–water partition coefficient (Wildman–Crippen LogP) is 1.26. The quantitative estimate of drug-likeness (QED) is 0.233. The van der Waals surface area contributed by atoms with Crippen LogP contribution in [0.2, 0.25) is 0 Å². The van der Waals surface area contributed by atoms with Crippen molar-refractivity contribution in [3.05, 3.63) is 30.3 Å². The number of anilines is 1. The minimum atomic E-state index is 0.603. The van der Waals surface area contributed by atoms with E-state index in [4.69, 9.17) is 5.84 Å². The normalized spacial score (nSPS) is 11.7. The second kappa shape index (κ2) is 8.49. The standard InChI is InChI=1S/C13H23N5/c1-18(2)11-7-6-10-15-13(17-14)16-12-8-4-3-5-9-12/h3-5,8-9H,6-7,10-11,14H2,1-2H3,(H2,15,16,17). The van der Waals surface area contributed by atoms with Crippen molar-refractivity contribution >= 4 is 11.6 Å². The van der Waals surface area contributed by atoms with Gasteiger partial charge in [-0.05, 0) is 45.6 Å². The van der Waals surface area contributed by atoms with Gasteiger partial charge in [-0.3, -0.25) is 10.4 Å². The first-order valence-corrected chi connectivity index (χ1v) is 6.20. The molecule has 0 spiro atoms. The topological polar surface area (TPSA) is 65.7 Å². The Morgan fingerprint density at radius 1 is 1.22 bits per heavy atom. The van der Waals surface area contributed by atoms with Crippen molar-refractivity contribution in [3.63, 3.8) is 0 Å². The first-order chi connectivity index (χ1) is 8.72. The fourth-order valence-electron chi connectivity index (χ4n) is 1.51. The van der Waals surface area contributed by atoms with Crippen LogP contribution in [0.4, 0.5) is 5.69 Å². The summed E-state index contributed by atoms with van der Waals surface area (Å²) in [5, 5.41) is 3.13. The molecular weight excluding hydrogens is 226 g/mol. The molecule has 0 radical (unpaired) electrons. The Labute approximate surface area is 109 Å². The molecule has 0 bridgehead atoms. The second-order valence-electron chi connectivity index (χ2n) is 4.38. The first kappa shape index (κ1) is 14.5. The summed E-state index contributed by atoms with van der Waals surface area (Å²) in [6.07, 6.45) is 2.19. The molecule has 5 heteroatoms. The number of hydrogen-bond acceptors (Lipinski definition) is 3. The molecular formula is C13H23N5. The summed E-state index contributed by atoms with van der Waals surface area (Å²) in [4.78, 5) is 6.56. The van der Waals surface area contributed by atoms with Crippen LogP contribution in [0.1, 0.15) is 12.8 Å². The smallest absolute Gasteiger partial charge is 0.210 e. The highest BCUT2D eigenvalue weighted by atomic mass is 15.3. The van der Waals surface area contributed by atoms with E-state index in [1.165, 1.54) is 0 Å². The highest BCUT2D eigenvalue weighted by Gasteiger charge is 1.96. The summed E-state index contributed by atoms with van der Waals surface area (Å²) in [6, 6.07) is 9.85. The maximum Gasteiger partial charge on any atom is 0.210 e. The molecule has 0 aliphatic heterocycles. The largest absolute Gasteiger partial charge is 0.325 e. The lowest BCUT2D eigenvalue weighted by Crippen LogP contribution is -2.36. The van der Waals surface area contributed by atoms with Gasteiger partial charge < -0.3 is 10.2 Å². The minimum absolute atomic E-state index is 0.603. The van der Waals surface area contributed by atoms with Crippen molar-refractivity contribution in [1.82, 2.24) is 10.3 Å². The number of unbranched alkanes of at least 4 members (excludes halogenated alkanes) is 1. The van der Waals surface area contributed by atoms with Gasteiger partial charge >= 0.3 is 0 Å². The average molecular weight is 249 g/mol. The summed E-state index contributed by atoms with van der Waals surface area (Å²) in [5.74, 6) is 6.03. The van der Waals surface area contributed by atoms with Crippen LogP contribution in [-0.4, -0.2) is 38.0 Å². The van der Waals surface area contributed by atoms with Crippen molar-refractivity contribution in [2.75, 3.05) is 32.5 Å². The van der Waals surface area contributed by atoms with Crippen LogP contribution in [0.15, 0.2) is 35.3 Å². The third-order valence-corrected chi connectivity index (χ3v) is 2.46. The number of guanidine groups is 1. The second-order valence-corrected chi connectivity index (χ2v) is 4.38. The Kier molecular flexibility index (Phi) is 6.83. The van der Waals surface area contributed by atoms with Crippen LogP contribution in [0.5, 0.6) is 0 Å². The van der Waals surface area contributed by atoms with Crippen molar-refractivity contribution in [3.8, 4) is 0 Å². The maximum absolute atomic E-state index is 5.43. The molecule has 0 fully saturated rings. The maximum atomic E-state index is 5.43. The molecule has 0 aliphatic carbocycles. The molecule has 0 amide bonds. The van der Waals surface area contributed by atoms with Crippen LogP contribution in [0.25, 0.3) is 0 Å². The van der Waals surface area contributed by atoms with E-state index in [-0.39, 0.29) is 0 Å². The lowest BCUT2D eigenvalue weighted by molar-refractivity contribution is 0.396. The molecule has 1 rings (SSSR count). The number of aliphatic imine (C=N–C) groups is 1. The van der Waals surface area contributed by atoms with E-state index < -0.39 is 0 Å². The summed E-state index contributed by atoms with van der Waals surface area (Å²) in [5.41, 5.74) is 3.55. The van der Waals surface area contributed by atoms with E-state index in [2.05, 4.69) is 34.7 Å². The third kappa shape index (κ3) is 6.22. The average Bonchev–Trinajstić information content (AvgIpc) is 2.38.